The molecule has 1 aromatic carbocycles. The molecule has 0 amide bonds. The van der Waals surface area contributed by atoms with Gasteiger partial charge < -0.3 is 9.15 Å². The predicted octanol–water partition coefficient (Wildman–Crippen LogP) is 3.85. The summed E-state index contributed by atoms with van der Waals surface area (Å²) in [6.45, 7) is -2.17. The Hall–Kier alpha value is -1.53. The lowest BCUT2D eigenvalue weighted by Crippen LogP contribution is -2.20. The van der Waals surface area contributed by atoms with E-state index in [4.69, 9.17) is 16.0 Å². The van der Waals surface area contributed by atoms with E-state index in [0.29, 0.717) is 16.0 Å². The first-order valence-corrected chi connectivity index (χ1v) is 5.60. The number of Topliss-reactive ketones (excluding diaryl/α,β-unsaturated/α-hetero) is 1. The Kier molecular flexibility index (Phi) is 3.82. The second kappa shape index (κ2) is 5.22. The molecule has 0 saturated heterocycles. The van der Waals surface area contributed by atoms with Crippen LogP contribution >= 0.6 is 11.6 Å². The third-order valence-electron chi connectivity index (χ3n) is 2.27. The number of ether oxygens (including phenoxy) is 1. The first kappa shape index (κ1) is 13.9. The maximum Gasteiger partial charge on any atom is 0.411 e. The molecule has 102 valence electrons. The van der Waals surface area contributed by atoms with E-state index in [2.05, 4.69) is 4.74 Å². The molecule has 0 bridgehead atoms. The highest BCUT2D eigenvalue weighted by Crippen LogP contribution is 2.26. The van der Waals surface area contributed by atoms with Crippen molar-refractivity contribution < 1.29 is 27.1 Å². The molecule has 0 aliphatic heterocycles. The second-order valence-corrected chi connectivity index (χ2v) is 4.21. The minimum Gasteiger partial charge on any atom is -0.451 e. The molecule has 0 unspecified atom stereocenters. The number of para-hydroxylation sites is 1. The van der Waals surface area contributed by atoms with Gasteiger partial charge in [-0.05, 0) is 12.1 Å². The number of carbonyl (C=O) groups is 1. The monoisotopic (exact) mass is 292 g/mol. The van der Waals surface area contributed by atoms with Gasteiger partial charge in [-0.25, -0.2) is 0 Å². The number of hydrogen-bond donors (Lipinski definition) is 0. The highest BCUT2D eigenvalue weighted by Gasteiger charge is 2.28. The number of alkyl halides is 3. The summed E-state index contributed by atoms with van der Waals surface area (Å²) >= 11 is 5.85. The molecule has 0 aliphatic carbocycles. The van der Waals surface area contributed by atoms with Crippen LogP contribution in [-0.4, -0.2) is 25.2 Å². The molecule has 2 aromatic rings. The van der Waals surface area contributed by atoms with E-state index in [1.54, 1.807) is 18.2 Å². The lowest BCUT2D eigenvalue weighted by Gasteiger charge is -2.05. The van der Waals surface area contributed by atoms with E-state index >= 15 is 0 Å². The van der Waals surface area contributed by atoms with E-state index in [1.807, 2.05) is 0 Å². The van der Waals surface area contributed by atoms with Crippen LogP contribution in [0.2, 0.25) is 5.02 Å². The van der Waals surface area contributed by atoms with Crippen LogP contribution in [0, 0.1) is 0 Å². The maximum absolute atomic E-state index is 11.9. The van der Waals surface area contributed by atoms with Crippen LogP contribution in [0.1, 0.15) is 10.6 Å². The zero-order valence-corrected chi connectivity index (χ0v) is 10.2. The van der Waals surface area contributed by atoms with Crippen LogP contribution in [0.4, 0.5) is 13.2 Å². The van der Waals surface area contributed by atoms with Gasteiger partial charge in [0.05, 0.1) is 5.02 Å². The number of carbonyl (C=O) groups excluding carboxylic acids is 1. The number of furan rings is 1. The Morgan fingerprint density at radius 1 is 1.37 bits per heavy atom. The van der Waals surface area contributed by atoms with Crippen LogP contribution in [0.15, 0.2) is 28.7 Å². The first-order valence-electron chi connectivity index (χ1n) is 5.22. The van der Waals surface area contributed by atoms with E-state index in [0.717, 1.165) is 0 Å². The Bertz CT molecular complexity index is 604. The average molecular weight is 293 g/mol. The van der Waals surface area contributed by atoms with Crippen molar-refractivity contribution in [2.45, 2.75) is 6.18 Å². The molecule has 0 N–H and O–H groups in total. The summed E-state index contributed by atoms with van der Waals surface area (Å²) < 4.78 is 45.0. The fourth-order valence-corrected chi connectivity index (χ4v) is 1.72. The van der Waals surface area contributed by atoms with Crippen LogP contribution in [0.3, 0.4) is 0 Å². The van der Waals surface area contributed by atoms with Crippen molar-refractivity contribution in [3.63, 3.8) is 0 Å². The molecule has 19 heavy (non-hydrogen) atoms. The molecule has 0 fully saturated rings. The SMILES string of the molecule is O=C(COCC(F)(F)F)c1cc2cccc(Cl)c2o1. The standard InChI is InChI=1S/C12H8ClF3O3/c13-8-3-1-2-7-4-10(19-11(7)8)9(17)5-18-6-12(14,15)16/h1-4H,5-6H2. The summed E-state index contributed by atoms with van der Waals surface area (Å²) in [5, 5.41) is 0.930. The van der Waals surface area contributed by atoms with Gasteiger partial charge in [-0.1, -0.05) is 23.7 Å². The lowest BCUT2D eigenvalue weighted by atomic mass is 10.2. The summed E-state index contributed by atoms with van der Waals surface area (Å²) in [5.41, 5.74) is 0.323. The van der Waals surface area contributed by atoms with E-state index < -0.39 is 25.2 Å². The lowest BCUT2D eigenvalue weighted by molar-refractivity contribution is -0.171. The minimum atomic E-state index is -4.46. The van der Waals surface area contributed by atoms with Crippen molar-refractivity contribution in [1.82, 2.24) is 0 Å². The summed E-state index contributed by atoms with van der Waals surface area (Å²) in [6, 6.07) is 6.36. The van der Waals surface area contributed by atoms with Crippen molar-refractivity contribution in [2.24, 2.45) is 0 Å². The van der Waals surface area contributed by atoms with Crippen LogP contribution in [0.25, 0.3) is 11.0 Å². The van der Waals surface area contributed by atoms with Crippen molar-refractivity contribution in [3.05, 3.63) is 35.0 Å². The van der Waals surface area contributed by atoms with Crippen molar-refractivity contribution in [3.8, 4) is 0 Å². The zero-order valence-electron chi connectivity index (χ0n) is 9.46. The fraction of sp³-hybridized carbons (Fsp3) is 0.250. The van der Waals surface area contributed by atoms with Gasteiger partial charge in [-0.2, -0.15) is 13.2 Å². The predicted molar refractivity (Wildman–Crippen MR) is 62.4 cm³/mol. The number of hydrogen-bond acceptors (Lipinski definition) is 3. The van der Waals surface area contributed by atoms with Crippen LogP contribution in [0.5, 0.6) is 0 Å². The second-order valence-electron chi connectivity index (χ2n) is 3.80. The number of benzene rings is 1. The highest BCUT2D eigenvalue weighted by molar-refractivity contribution is 6.34. The molecule has 2 rings (SSSR count). The van der Waals surface area contributed by atoms with E-state index in [-0.39, 0.29) is 5.76 Å². The molecular formula is C12H8ClF3O3. The van der Waals surface area contributed by atoms with E-state index in [9.17, 15) is 18.0 Å². The first-order chi connectivity index (χ1) is 8.87. The van der Waals surface area contributed by atoms with Gasteiger partial charge in [0.2, 0.25) is 5.78 Å². The summed E-state index contributed by atoms with van der Waals surface area (Å²) in [5.74, 6) is -0.748. The van der Waals surface area contributed by atoms with Gasteiger partial charge in [0.25, 0.3) is 0 Å². The average Bonchev–Trinajstić information content (AvgIpc) is 2.72. The molecule has 0 atom stereocenters. The largest absolute Gasteiger partial charge is 0.451 e. The Morgan fingerprint density at radius 3 is 2.74 bits per heavy atom. The molecule has 1 aromatic heterocycles. The number of rotatable bonds is 4. The summed E-state index contributed by atoms with van der Waals surface area (Å²) in [7, 11) is 0. The van der Waals surface area contributed by atoms with Gasteiger partial charge in [-0.3, -0.25) is 4.79 Å². The van der Waals surface area contributed by atoms with Crippen LogP contribution in [-0.2, 0) is 4.74 Å². The number of fused-ring (bicyclic) bond motifs is 1. The molecule has 0 spiro atoms. The third-order valence-corrected chi connectivity index (χ3v) is 2.57. The fourth-order valence-electron chi connectivity index (χ4n) is 1.50. The van der Waals surface area contributed by atoms with Gasteiger partial charge in [0.1, 0.15) is 13.2 Å². The Morgan fingerprint density at radius 2 is 2.11 bits per heavy atom. The molecule has 0 aliphatic rings. The number of halogens is 4. The summed E-state index contributed by atoms with van der Waals surface area (Å²) in [4.78, 5) is 11.6. The summed E-state index contributed by atoms with van der Waals surface area (Å²) in [6.07, 6.45) is -4.46. The zero-order chi connectivity index (χ0) is 14.0. The van der Waals surface area contributed by atoms with Gasteiger partial charge in [0, 0.05) is 5.39 Å². The molecular weight excluding hydrogens is 285 g/mol. The highest BCUT2D eigenvalue weighted by atomic mass is 35.5. The number of ketones is 1. The minimum absolute atomic E-state index is 0.0784. The quantitative estimate of drug-likeness (QED) is 0.804. The molecule has 7 heteroatoms. The van der Waals surface area contributed by atoms with Crippen molar-refractivity contribution in [1.29, 1.82) is 0 Å². The topological polar surface area (TPSA) is 39.4 Å². The smallest absolute Gasteiger partial charge is 0.411 e. The van der Waals surface area contributed by atoms with Crippen molar-refractivity contribution in [2.75, 3.05) is 13.2 Å². The maximum atomic E-state index is 11.9. The van der Waals surface area contributed by atoms with Crippen LogP contribution < -0.4 is 0 Å². The van der Waals surface area contributed by atoms with Gasteiger partial charge in [0.15, 0.2) is 11.3 Å². The molecule has 3 nitrogen and oxygen atoms in total. The van der Waals surface area contributed by atoms with Crippen molar-refractivity contribution >= 4 is 28.4 Å². The molecule has 1 heterocycles. The van der Waals surface area contributed by atoms with Gasteiger partial charge in [-0.15, -0.1) is 0 Å². The molecule has 0 radical (unpaired) electrons. The molecule has 0 saturated carbocycles. The Balaban J connectivity index is 2.08. The Labute approximate surface area is 110 Å². The van der Waals surface area contributed by atoms with Gasteiger partial charge >= 0.3 is 6.18 Å². The normalized spacial score (nSPS) is 12.0. The van der Waals surface area contributed by atoms with E-state index in [1.165, 1.54) is 6.07 Å². The third kappa shape index (κ3) is 3.48.